The van der Waals surface area contributed by atoms with Crippen molar-refractivity contribution in [1.82, 2.24) is 14.8 Å². The van der Waals surface area contributed by atoms with Crippen LogP contribution in [-0.4, -0.2) is 61.5 Å². The molecule has 1 aliphatic heterocycles. The Bertz CT molecular complexity index is 504. The summed E-state index contributed by atoms with van der Waals surface area (Å²) in [6.07, 6.45) is 2.11. The van der Waals surface area contributed by atoms with Gasteiger partial charge in [0.1, 0.15) is 6.10 Å². The van der Waals surface area contributed by atoms with Crippen LogP contribution in [0.15, 0.2) is 21.7 Å². The maximum absolute atomic E-state index is 5.64. The summed E-state index contributed by atoms with van der Waals surface area (Å²) in [6, 6.07) is 2.12. The summed E-state index contributed by atoms with van der Waals surface area (Å²) < 4.78 is 14.3. The number of halogens is 2. The van der Waals surface area contributed by atoms with Gasteiger partial charge in [-0.1, -0.05) is 0 Å². The van der Waals surface area contributed by atoms with Crippen LogP contribution in [0.5, 0.6) is 0 Å². The van der Waals surface area contributed by atoms with Gasteiger partial charge in [-0.05, 0) is 28.9 Å². The SMILES string of the molecule is CCNC(=NCC1COCCO1)N(C)Cc1cc(Br)cn1C.I. The average Bonchev–Trinajstić information content (AvgIpc) is 2.82. The molecule has 1 fully saturated rings. The minimum Gasteiger partial charge on any atom is -0.376 e. The van der Waals surface area contributed by atoms with Gasteiger partial charge in [-0.2, -0.15) is 0 Å². The fraction of sp³-hybridized carbons (Fsp3) is 0.667. The summed E-state index contributed by atoms with van der Waals surface area (Å²) in [7, 11) is 4.09. The first-order valence-electron chi connectivity index (χ1n) is 7.59. The molecule has 0 bridgehead atoms. The molecule has 23 heavy (non-hydrogen) atoms. The normalized spacial score (nSPS) is 18.4. The largest absolute Gasteiger partial charge is 0.376 e. The number of aliphatic imine (C=N–C) groups is 1. The second kappa shape index (κ2) is 10.5. The highest BCUT2D eigenvalue weighted by Gasteiger charge is 2.15. The van der Waals surface area contributed by atoms with E-state index in [4.69, 9.17) is 9.47 Å². The van der Waals surface area contributed by atoms with Crippen molar-refractivity contribution in [1.29, 1.82) is 0 Å². The van der Waals surface area contributed by atoms with Gasteiger partial charge in [0.05, 0.1) is 32.9 Å². The molecule has 1 atom stereocenters. The lowest BCUT2D eigenvalue weighted by Crippen LogP contribution is -2.40. The second-order valence-corrected chi connectivity index (χ2v) is 6.29. The minimum absolute atomic E-state index is 0. The van der Waals surface area contributed by atoms with Crippen LogP contribution in [-0.2, 0) is 23.1 Å². The number of aromatic nitrogens is 1. The summed E-state index contributed by atoms with van der Waals surface area (Å²) in [5.41, 5.74) is 1.22. The fourth-order valence-corrected chi connectivity index (χ4v) is 2.91. The zero-order valence-corrected chi connectivity index (χ0v) is 17.8. The van der Waals surface area contributed by atoms with E-state index in [1.807, 2.05) is 14.1 Å². The van der Waals surface area contributed by atoms with Crippen molar-refractivity contribution in [3.05, 3.63) is 22.4 Å². The summed E-state index contributed by atoms with van der Waals surface area (Å²) in [5, 5.41) is 3.33. The predicted molar refractivity (Wildman–Crippen MR) is 107 cm³/mol. The first-order valence-corrected chi connectivity index (χ1v) is 8.39. The van der Waals surface area contributed by atoms with Crippen LogP contribution in [0, 0.1) is 0 Å². The lowest BCUT2D eigenvalue weighted by Gasteiger charge is -2.25. The molecular weight excluding hydrogens is 475 g/mol. The lowest BCUT2D eigenvalue weighted by molar-refractivity contribution is -0.0833. The van der Waals surface area contributed by atoms with E-state index < -0.39 is 0 Å². The van der Waals surface area contributed by atoms with Gasteiger partial charge in [0.15, 0.2) is 5.96 Å². The van der Waals surface area contributed by atoms with Gasteiger partial charge in [0.2, 0.25) is 0 Å². The first kappa shape index (κ1) is 20.7. The van der Waals surface area contributed by atoms with Gasteiger partial charge in [-0.3, -0.25) is 4.99 Å². The van der Waals surface area contributed by atoms with Crippen molar-refractivity contribution in [2.75, 3.05) is 40.0 Å². The van der Waals surface area contributed by atoms with Gasteiger partial charge in [-0.25, -0.2) is 0 Å². The van der Waals surface area contributed by atoms with Crippen molar-refractivity contribution in [2.24, 2.45) is 12.0 Å². The molecule has 0 spiro atoms. The molecule has 0 saturated carbocycles. The quantitative estimate of drug-likeness (QED) is 0.382. The molecule has 0 amide bonds. The number of guanidine groups is 1. The molecule has 1 aromatic heterocycles. The molecule has 1 saturated heterocycles. The number of nitrogens with one attached hydrogen (secondary N) is 1. The van der Waals surface area contributed by atoms with E-state index >= 15 is 0 Å². The van der Waals surface area contributed by atoms with Crippen molar-refractivity contribution < 1.29 is 9.47 Å². The molecule has 2 heterocycles. The van der Waals surface area contributed by atoms with Crippen LogP contribution in [0.3, 0.4) is 0 Å². The van der Waals surface area contributed by atoms with Crippen LogP contribution in [0.4, 0.5) is 0 Å². The topological polar surface area (TPSA) is 51.0 Å². The van der Waals surface area contributed by atoms with Gasteiger partial charge in [0.25, 0.3) is 0 Å². The predicted octanol–water partition coefficient (Wildman–Crippen LogP) is 2.22. The van der Waals surface area contributed by atoms with Crippen LogP contribution < -0.4 is 5.32 Å². The molecule has 6 nitrogen and oxygen atoms in total. The number of nitrogens with zero attached hydrogens (tertiary/aromatic N) is 3. The van der Waals surface area contributed by atoms with E-state index in [-0.39, 0.29) is 30.1 Å². The Balaban J connectivity index is 0.00000264. The first-order chi connectivity index (χ1) is 10.6. The Kier molecular flexibility index (Phi) is 9.48. The van der Waals surface area contributed by atoms with Gasteiger partial charge in [0, 0.05) is 37.0 Å². The van der Waals surface area contributed by atoms with E-state index in [2.05, 4.69) is 54.9 Å². The summed E-state index contributed by atoms with van der Waals surface area (Å²) in [6.45, 7) is 6.27. The molecule has 8 heteroatoms. The van der Waals surface area contributed by atoms with Crippen LogP contribution >= 0.6 is 39.9 Å². The monoisotopic (exact) mass is 500 g/mol. The highest BCUT2D eigenvalue weighted by atomic mass is 127. The molecule has 0 aromatic carbocycles. The van der Waals surface area contributed by atoms with Crippen molar-refractivity contribution in [2.45, 2.75) is 19.6 Å². The smallest absolute Gasteiger partial charge is 0.194 e. The maximum Gasteiger partial charge on any atom is 0.194 e. The Morgan fingerprint density at radius 2 is 2.30 bits per heavy atom. The zero-order chi connectivity index (χ0) is 15.9. The number of ether oxygens (including phenoxy) is 2. The van der Waals surface area contributed by atoms with E-state index in [0.29, 0.717) is 26.4 Å². The molecule has 1 aliphatic rings. The highest BCUT2D eigenvalue weighted by molar-refractivity contribution is 14.0. The van der Waals surface area contributed by atoms with Crippen LogP contribution in [0.25, 0.3) is 0 Å². The molecule has 132 valence electrons. The Hall–Kier alpha value is -0.320. The molecular formula is C15H26BrIN4O2. The third-order valence-corrected chi connectivity index (χ3v) is 3.93. The molecule has 1 unspecified atom stereocenters. The van der Waals surface area contributed by atoms with E-state index in [9.17, 15) is 0 Å². The number of aryl methyl sites for hydroxylation is 1. The van der Waals surface area contributed by atoms with Gasteiger partial charge in [-0.15, -0.1) is 24.0 Å². The summed E-state index contributed by atoms with van der Waals surface area (Å²) in [5.74, 6) is 0.883. The van der Waals surface area contributed by atoms with Crippen molar-refractivity contribution in [3.63, 3.8) is 0 Å². The van der Waals surface area contributed by atoms with Crippen LogP contribution in [0.1, 0.15) is 12.6 Å². The standard InChI is InChI=1S/C15H25BrN4O2.HI/c1-4-17-15(18-8-14-11-21-5-6-22-14)20(3)10-13-7-12(16)9-19(13)2;/h7,9,14H,4-6,8,10-11H2,1-3H3,(H,17,18);1H. The van der Waals surface area contributed by atoms with Crippen LogP contribution in [0.2, 0.25) is 0 Å². The zero-order valence-electron chi connectivity index (χ0n) is 13.9. The minimum atomic E-state index is 0. The van der Waals surface area contributed by atoms with Gasteiger partial charge < -0.3 is 24.3 Å². The maximum atomic E-state index is 5.64. The average molecular weight is 501 g/mol. The van der Waals surface area contributed by atoms with E-state index in [1.165, 1.54) is 5.69 Å². The Morgan fingerprint density at radius 3 is 2.87 bits per heavy atom. The van der Waals surface area contributed by atoms with Crippen molar-refractivity contribution in [3.8, 4) is 0 Å². The highest BCUT2D eigenvalue weighted by Crippen LogP contribution is 2.15. The molecule has 2 rings (SSSR count). The Labute approximate surface area is 163 Å². The summed E-state index contributed by atoms with van der Waals surface area (Å²) >= 11 is 3.51. The molecule has 1 N–H and O–H groups in total. The fourth-order valence-electron chi connectivity index (χ4n) is 2.34. The number of hydrogen-bond donors (Lipinski definition) is 1. The summed E-state index contributed by atoms with van der Waals surface area (Å²) in [4.78, 5) is 6.80. The van der Waals surface area contributed by atoms with Gasteiger partial charge >= 0.3 is 0 Å². The Morgan fingerprint density at radius 1 is 1.52 bits per heavy atom. The molecule has 0 aliphatic carbocycles. The van der Waals surface area contributed by atoms with E-state index in [0.717, 1.165) is 23.5 Å². The molecule has 1 aromatic rings. The number of hydrogen-bond acceptors (Lipinski definition) is 3. The van der Waals surface area contributed by atoms with Crippen molar-refractivity contribution >= 4 is 45.9 Å². The van der Waals surface area contributed by atoms with E-state index in [1.54, 1.807) is 0 Å². The third-order valence-electron chi connectivity index (χ3n) is 3.50. The number of rotatable bonds is 5. The second-order valence-electron chi connectivity index (χ2n) is 5.38. The lowest BCUT2D eigenvalue weighted by atomic mass is 10.3. The molecule has 0 radical (unpaired) electrons. The third kappa shape index (κ3) is 6.60.